The van der Waals surface area contributed by atoms with Gasteiger partial charge >= 0.3 is 0 Å². The summed E-state index contributed by atoms with van der Waals surface area (Å²) in [5, 5.41) is 12.9. The number of likely N-dealkylation sites (N-methyl/N-ethyl adjacent to an activating group) is 1. The first-order valence-electron chi connectivity index (χ1n) is 4.68. The molecule has 3 heteroatoms. The van der Waals surface area contributed by atoms with Gasteiger partial charge in [0.1, 0.15) is 5.75 Å². The van der Waals surface area contributed by atoms with Crippen LogP contribution in [0.15, 0.2) is 24.3 Å². The molecule has 0 aromatic heterocycles. The topological polar surface area (TPSA) is 41.5 Å². The second-order valence-corrected chi connectivity index (χ2v) is 3.30. The van der Waals surface area contributed by atoms with Gasteiger partial charge in [0, 0.05) is 6.04 Å². The van der Waals surface area contributed by atoms with Crippen LogP contribution >= 0.6 is 0 Å². The lowest BCUT2D eigenvalue weighted by Crippen LogP contribution is -2.28. The fourth-order valence-electron chi connectivity index (χ4n) is 1.25. The molecule has 0 amide bonds. The molecule has 0 saturated heterocycles. The smallest absolute Gasteiger partial charge is 0.118 e. The Morgan fingerprint density at radius 3 is 2.29 bits per heavy atom. The maximum atomic E-state index is 9.85. The van der Waals surface area contributed by atoms with Gasteiger partial charge in [-0.15, -0.1) is 0 Å². The maximum Gasteiger partial charge on any atom is 0.118 e. The van der Waals surface area contributed by atoms with Gasteiger partial charge in [-0.2, -0.15) is 0 Å². The van der Waals surface area contributed by atoms with Crippen LogP contribution in [0.3, 0.4) is 0 Å². The van der Waals surface area contributed by atoms with Crippen LogP contribution in [-0.2, 0) is 0 Å². The second-order valence-electron chi connectivity index (χ2n) is 3.30. The van der Waals surface area contributed by atoms with Gasteiger partial charge < -0.3 is 15.2 Å². The van der Waals surface area contributed by atoms with Crippen LogP contribution in [0.25, 0.3) is 0 Å². The lowest BCUT2D eigenvalue weighted by atomic mass is 10.0. The van der Waals surface area contributed by atoms with Crippen molar-refractivity contribution in [2.45, 2.75) is 19.1 Å². The number of nitrogens with one attached hydrogen (secondary N) is 1. The molecule has 0 saturated carbocycles. The zero-order chi connectivity index (χ0) is 10.6. The van der Waals surface area contributed by atoms with Crippen molar-refractivity contribution < 1.29 is 9.84 Å². The van der Waals surface area contributed by atoms with Crippen LogP contribution in [0.1, 0.15) is 18.6 Å². The molecule has 0 aliphatic carbocycles. The molecule has 0 bridgehead atoms. The average Bonchev–Trinajstić information content (AvgIpc) is 2.27. The summed E-state index contributed by atoms with van der Waals surface area (Å²) in [5.74, 6) is 0.804. The molecule has 0 heterocycles. The van der Waals surface area contributed by atoms with Gasteiger partial charge in [-0.1, -0.05) is 12.1 Å². The summed E-state index contributed by atoms with van der Waals surface area (Å²) >= 11 is 0. The summed E-state index contributed by atoms with van der Waals surface area (Å²) in [5.41, 5.74) is 0.896. The number of ether oxygens (including phenoxy) is 1. The van der Waals surface area contributed by atoms with E-state index >= 15 is 0 Å². The third-order valence-electron chi connectivity index (χ3n) is 2.39. The van der Waals surface area contributed by atoms with Crippen molar-refractivity contribution in [3.05, 3.63) is 29.8 Å². The van der Waals surface area contributed by atoms with E-state index < -0.39 is 6.10 Å². The Hall–Kier alpha value is -1.06. The summed E-state index contributed by atoms with van der Waals surface area (Å²) in [6.07, 6.45) is -0.481. The number of hydrogen-bond acceptors (Lipinski definition) is 3. The third kappa shape index (κ3) is 2.47. The minimum Gasteiger partial charge on any atom is -0.497 e. The minimum absolute atomic E-state index is 0.0448. The fraction of sp³-hybridized carbons (Fsp3) is 0.455. The van der Waals surface area contributed by atoms with Crippen molar-refractivity contribution >= 4 is 0 Å². The lowest BCUT2D eigenvalue weighted by Gasteiger charge is -2.18. The second kappa shape index (κ2) is 4.98. The van der Waals surface area contributed by atoms with Gasteiger partial charge in [0.25, 0.3) is 0 Å². The third-order valence-corrected chi connectivity index (χ3v) is 2.39. The highest BCUT2D eigenvalue weighted by Gasteiger charge is 2.13. The largest absolute Gasteiger partial charge is 0.497 e. The van der Waals surface area contributed by atoms with Gasteiger partial charge in [-0.3, -0.25) is 0 Å². The lowest BCUT2D eigenvalue weighted by molar-refractivity contribution is 0.140. The fourth-order valence-corrected chi connectivity index (χ4v) is 1.25. The van der Waals surface area contributed by atoms with Crippen molar-refractivity contribution in [2.24, 2.45) is 0 Å². The first kappa shape index (κ1) is 11.0. The highest BCUT2D eigenvalue weighted by Crippen LogP contribution is 2.19. The predicted molar refractivity (Wildman–Crippen MR) is 56.5 cm³/mol. The first-order valence-corrected chi connectivity index (χ1v) is 4.68. The summed E-state index contributed by atoms with van der Waals surface area (Å²) in [6, 6.07) is 7.49. The predicted octanol–water partition coefficient (Wildman–Crippen LogP) is 1.34. The zero-order valence-corrected chi connectivity index (χ0v) is 8.82. The van der Waals surface area contributed by atoms with Crippen molar-refractivity contribution in [3.63, 3.8) is 0 Å². The van der Waals surface area contributed by atoms with Crippen molar-refractivity contribution in [1.82, 2.24) is 5.32 Å². The highest BCUT2D eigenvalue weighted by atomic mass is 16.5. The number of aliphatic hydroxyl groups is 1. The van der Waals surface area contributed by atoms with Crippen LogP contribution in [0.2, 0.25) is 0 Å². The van der Waals surface area contributed by atoms with E-state index in [0.717, 1.165) is 11.3 Å². The van der Waals surface area contributed by atoms with E-state index in [2.05, 4.69) is 5.32 Å². The van der Waals surface area contributed by atoms with Gasteiger partial charge in [0.2, 0.25) is 0 Å². The minimum atomic E-state index is -0.481. The molecule has 3 nitrogen and oxygen atoms in total. The van der Waals surface area contributed by atoms with Crippen molar-refractivity contribution in [1.29, 1.82) is 0 Å². The Morgan fingerprint density at radius 2 is 1.86 bits per heavy atom. The Bertz CT molecular complexity index is 271. The molecule has 0 spiro atoms. The van der Waals surface area contributed by atoms with Gasteiger partial charge in [0.15, 0.2) is 0 Å². The molecule has 14 heavy (non-hydrogen) atoms. The van der Waals surface area contributed by atoms with E-state index in [4.69, 9.17) is 4.74 Å². The Balaban J connectivity index is 2.75. The number of rotatable bonds is 4. The summed E-state index contributed by atoms with van der Waals surface area (Å²) in [4.78, 5) is 0. The normalized spacial score (nSPS) is 14.9. The summed E-state index contributed by atoms with van der Waals surface area (Å²) < 4.78 is 5.04. The monoisotopic (exact) mass is 195 g/mol. The van der Waals surface area contributed by atoms with Gasteiger partial charge in [-0.25, -0.2) is 0 Å². The summed E-state index contributed by atoms with van der Waals surface area (Å²) in [6.45, 7) is 1.94. The van der Waals surface area contributed by atoms with E-state index in [9.17, 15) is 5.11 Å². The van der Waals surface area contributed by atoms with E-state index in [1.54, 1.807) is 7.11 Å². The van der Waals surface area contributed by atoms with Gasteiger partial charge in [-0.05, 0) is 31.7 Å². The Kier molecular flexibility index (Phi) is 3.92. The highest BCUT2D eigenvalue weighted by molar-refractivity contribution is 5.28. The Morgan fingerprint density at radius 1 is 1.29 bits per heavy atom. The van der Waals surface area contributed by atoms with Crippen LogP contribution in [0.5, 0.6) is 5.75 Å². The van der Waals surface area contributed by atoms with E-state index in [1.165, 1.54) is 0 Å². The molecule has 0 aliphatic heterocycles. The number of aliphatic hydroxyl groups excluding tert-OH is 1. The standard InChI is InChI=1S/C11H17NO2/c1-8(12-2)11(13)9-4-6-10(14-3)7-5-9/h4-8,11-13H,1-3H3. The molecule has 1 rings (SSSR count). The molecule has 2 unspecified atom stereocenters. The molecular formula is C11H17NO2. The molecule has 1 aromatic carbocycles. The molecule has 0 radical (unpaired) electrons. The zero-order valence-electron chi connectivity index (χ0n) is 8.82. The van der Waals surface area contributed by atoms with Crippen LogP contribution < -0.4 is 10.1 Å². The summed E-state index contributed by atoms with van der Waals surface area (Å²) in [7, 11) is 3.46. The van der Waals surface area contributed by atoms with Crippen molar-refractivity contribution in [2.75, 3.05) is 14.2 Å². The quantitative estimate of drug-likeness (QED) is 0.761. The molecular weight excluding hydrogens is 178 g/mol. The maximum absolute atomic E-state index is 9.85. The van der Waals surface area contributed by atoms with Crippen molar-refractivity contribution in [3.8, 4) is 5.75 Å². The molecule has 0 fully saturated rings. The van der Waals surface area contributed by atoms with Crippen LogP contribution in [-0.4, -0.2) is 25.3 Å². The molecule has 2 atom stereocenters. The average molecular weight is 195 g/mol. The molecule has 78 valence electrons. The van der Waals surface area contributed by atoms with Gasteiger partial charge in [0.05, 0.1) is 13.2 Å². The van der Waals surface area contributed by atoms with E-state index in [0.29, 0.717) is 0 Å². The first-order chi connectivity index (χ1) is 6.69. The molecule has 1 aromatic rings. The van der Waals surface area contributed by atoms with Crippen LogP contribution in [0.4, 0.5) is 0 Å². The molecule has 2 N–H and O–H groups in total. The molecule has 0 aliphatic rings. The number of hydrogen-bond donors (Lipinski definition) is 2. The SMILES string of the molecule is CNC(C)C(O)c1ccc(OC)cc1. The number of benzene rings is 1. The van der Waals surface area contributed by atoms with E-state index in [-0.39, 0.29) is 6.04 Å². The Labute approximate surface area is 84.7 Å². The number of methoxy groups -OCH3 is 1. The van der Waals surface area contributed by atoms with E-state index in [1.807, 2.05) is 38.2 Å². The van der Waals surface area contributed by atoms with Crippen LogP contribution in [0, 0.1) is 0 Å².